The molecule has 0 bridgehead atoms. The Morgan fingerprint density at radius 2 is 1.88 bits per heavy atom. The van der Waals surface area contributed by atoms with Crippen LogP contribution in [0, 0.1) is 5.82 Å². The van der Waals surface area contributed by atoms with Gasteiger partial charge in [0.2, 0.25) is 0 Å². The average Bonchev–Trinajstić information content (AvgIpc) is 2.62. The number of carbonyl (C=O) groups excluding carboxylic acids is 1. The van der Waals surface area contributed by atoms with E-state index in [0.29, 0.717) is 18.7 Å². The lowest BCUT2D eigenvalue weighted by Gasteiger charge is -2.38. The van der Waals surface area contributed by atoms with E-state index < -0.39 is 23.7 Å². The third-order valence-electron chi connectivity index (χ3n) is 4.14. The summed E-state index contributed by atoms with van der Waals surface area (Å²) in [5.41, 5.74) is 0.158. The summed E-state index contributed by atoms with van der Waals surface area (Å²) >= 11 is 0. The number of alkyl halides is 2. The number of halogens is 3. The lowest BCUT2D eigenvalue weighted by atomic mass is 10.0. The zero-order valence-electron chi connectivity index (χ0n) is 12.9. The highest BCUT2D eigenvalue weighted by Gasteiger charge is 2.46. The largest absolute Gasteiger partial charge is 0.349 e. The molecule has 2 aromatic carbocycles. The molecule has 6 heteroatoms. The van der Waals surface area contributed by atoms with Gasteiger partial charge in [0.1, 0.15) is 5.82 Å². The quantitative estimate of drug-likeness (QED) is 0.935. The normalized spacial score (nSPS) is 18.5. The van der Waals surface area contributed by atoms with Crippen LogP contribution in [0.3, 0.4) is 0 Å². The molecule has 0 radical (unpaired) electrons. The number of carbonyl (C=O) groups is 1. The van der Waals surface area contributed by atoms with E-state index in [1.807, 2.05) is 0 Å². The van der Waals surface area contributed by atoms with Gasteiger partial charge in [-0.15, -0.1) is 0 Å². The highest BCUT2D eigenvalue weighted by Crippen LogP contribution is 2.34. The highest BCUT2D eigenvalue weighted by molar-refractivity contribution is 5.85. The van der Waals surface area contributed by atoms with Crippen molar-refractivity contribution in [1.82, 2.24) is 10.2 Å². The molecule has 24 heavy (non-hydrogen) atoms. The minimum absolute atomic E-state index is 0.141. The number of piperazine rings is 1. The summed E-state index contributed by atoms with van der Waals surface area (Å²) in [6.07, 6.45) is 0. The van der Waals surface area contributed by atoms with E-state index in [9.17, 15) is 18.0 Å². The van der Waals surface area contributed by atoms with Crippen LogP contribution in [0.25, 0.3) is 0 Å². The molecule has 1 saturated heterocycles. The number of nitrogens with one attached hydrogen (secondary N) is 1. The molecule has 0 aromatic heterocycles. The molecule has 0 aliphatic carbocycles. The number of rotatable bonds is 3. The van der Waals surface area contributed by atoms with Gasteiger partial charge in [-0.25, -0.2) is 4.39 Å². The fraction of sp³-hybridized carbons (Fsp3) is 0.278. The predicted molar refractivity (Wildman–Crippen MR) is 84.1 cm³/mol. The Bertz CT molecular complexity index is 721. The van der Waals surface area contributed by atoms with Crippen LogP contribution in [0.5, 0.6) is 0 Å². The third-order valence-corrected chi connectivity index (χ3v) is 4.14. The Hall–Kier alpha value is -2.34. The Kier molecular flexibility index (Phi) is 4.57. The van der Waals surface area contributed by atoms with Crippen molar-refractivity contribution in [1.29, 1.82) is 0 Å². The van der Waals surface area contributed by atoms with Crippen molar-refractivity contribution in [2.75, 3.05) is 19.6 Å². The van der Waals surface area contributed by atoms with Crippen LogP contribution in [0.4, 0.5) is 13.2 Å². The summed E-state index contributed by atoms with van der Waals surface area (Å²) in [4.78, 5) is 13.7. The monoisotopic (exact) mass is 334 g/mol. The van der Waals surface area contributed by atoms with Crippen LogP contribution in [0.1, 0.15) is 17.2 Å². The summed E-state index contributed by atoms with van der Waals surface area (Å²) in [5.74, 6) is -5.34. The van der Waals surface area contributed by atoms with Crippen LogP contribution in [-0.4, -0.2) is 30.4 Å². The molecule has 1 N–H and O–H groups in total. The van der Waals surface area contributed by atoms with Crippen molar-refractivity contribution in [2.24, 2.45) is 0 Å². The maximum Gasteiger partial charge on any atom is 0.349 e. The molecular weight excluding hydrogens is 317 g/mol. The van der Waals surface area contributed by atoms with Crippen LogP contribution in [-0.2, 0) is 10.7 Å². The standard InChI is InChI=1S/C18H17F3N2O/c19-15-8-4-5-13(11-15)16-12-22-9-10-23(16)17(24)18(20,21)14-6-2-1-3-7-14/h1-8,11,16,22H,9-10,12H2. The maximum atomic E-state index is 14.6. The van der Waals surface area contributed by atoms with Crippen LogP contribution < -0.4 is 5.32 Å². The van der Waals surface area contributed by atoms with E-state index in [4.69, 9.17) is 0 Å². The molecule has 0 saturated carbocycles. The van der Waals surface area contributed by atoms with E-state index in [0.717, 1.165) is 4.90 Å². The summed E-state index contributed by atoms with van der Waals surface area (Å²) < 4.78 is 42.7. The minimum Gasteiger partial charge on any atom is -0.328 e. The molecule has 3 nitrogen and oxygen atoms in total. The van der Waals surface area contributed by atoms with Crippen LogP contribution >= 0.6 is 0 Å². The maximum absolute atomic E-state index is 14.6. The van der Waals surface area contributed by atoms with Gasteiger partial charge >= 0.3 is 5.92 Å². The van der Waals surface area contributed by atoms with Gasteiger partial charge in [0.25, 0.3) is 5.91 Å². The number of benzene rings is 2. The van der Waals surface area contributed by atoms with Gasteiger partial charge in [0.05, 0.1) is 6.04 Å². The number of hydrogen-bond acceptors (Lipinski definition) is 2. The first-order valence-corrected chi connectivity index (χ1v) is 7.71. The SMILES string of the molecule is O=C(N1CCNCC1c1cccc(F)c1)C(F)(F)c1ccccc1. The van der Waals surface area contributed by atoms with E-state index >= 15 is 0 Å². The lowest BCUT2D eigenvalue weighted by Crippen LogP contribution is -2.52. The molecule has 126 valence electrons. The second-order valence-electron chi connectivity index (χ2n) is 5.71. The van der Waals surface area contributed by atoms with Crippen LogP contribution in [0.2, 0.25) is 0 Å². The van der Waals surface area contributed by atoms with Gasteiger partial charge in [0, 0.05) is 25.2 Å². The molecule has 1 aliphatic rings. The van der Waals surface area contributed by atoms with E-state index in [1.165, 1.54) is 42.5 Å². The lowest BCUT2D eigenvalue weighted by molar-refractivity contribution is -0.162. The zero-order chi connectivity index (χ0) is 17.2. The van der Waals surface area contributed by atoms with Crippen LogP contribution in [0.15, 0.2) is 54.6 Å². The smallest absolute Gasteiger partial charge is 0.328 e. The topological polar surface area (TPSA) is 32.3 Å². The van der Waals surface area contributed by atoms with Gasteiger partial charge in [-0.1, -0.05) is 42.5 Å². The minimum atomic E-state index is -3.62. The fourth-order valence-electron chi connectivity index (χ4n) is 2.91. The van der Waals surface area contributed by atoms with Crippen molar-refractivity contribution in [3.8, 4) is 0 Å². The second-order valence-corrected chi connectivity index (χ2v) is 5.71. The van der Waals surface area contributed by atoms with Gasteiger partial charge in [-0.05, 0) is 17.7 Å². The molecule has 1 fully saturated rings. The van der Waals surface area contributed by atoms with Gasteiger partial charge in [-0.2, -0.15) is 8.78 Å². The van der Waals surface area contributed by atoms with Gasteiger partial charge < -0.3 is 10.2 Å². The first-order chi connectivity index (χ1) is 11.5. The fourth-order valence-corrected chi connectivity index (χ4v) is 2.91. The molecule has 1 heterocycles. The van der Waals surface area contributed by atoms with Gasteiger partial charge in [0.15, 0.2) is 0 Å². The molecular formula is C18H17F3N2O. The first kappa shape index (κ1) is 16.5. The Morgan fingerprint density at radius 1 is 1.12 bits per heavy atom. The predicted octanol–water partition coefficient (Wildman–Crippen LogP) is 3.09. The van der Waals surface area contributed by atoms with Crippen molar-refractivity contribution in [2.45, 2.75) is 12.0 Å². The molecule has 0 spiro atoms. The van der Waals surface area contributed by atoms with Crippen molar-refractivity contribution < 1.29 is 18.0 Å². The number of amides is 1. The molecule has 3 rings (SSSR count). The number of nitrogens with zero attached hydrogens (tertiary/aromatic N) is 1. The van der Waals surface area contributed by atoms with Crippen molar-refractivity contribution in [3.05, 3.63) is 71.5 Å². The summed E-state index contributed by atoms with van der Waals surface area (Å²) in [6.45, 7) is 0.866. The highest BCUT2D eigenvalue weighted by atomic mass is 19.3. The van der Waals surface area contributed by atoms with Crippen molar-refractivity contribution in [3.63, 3.8) is 0 Å². The van der Waals surface area contributed by atoms with E-state index in [-0.39, 0.29) is 12.1 Å². The van der Waals surface area contributed by atoms with Crippen molar-refractivity contribution >= 4 is 5.91 Å². The molecule has 2 aromatic rings. The number of hydrogen-bond donors (Lipinski definition) is 1. The summed E-state index contributed by atoms with van der Waals surface area (Å²) in [6, 6.07) is 12.1. The third kappa shape index (κ3) is 3.14. The zero-order valence-corrected chi connectivity index (χ0v) is 12.9. The van der Waals surface area contributed by atoms with E-state index in [1.54, 1.807) is 12.1 Å². The Balaban J connectivity index is 1.91. The Labute approximate surface area is 138 Å². The average molecular weight is 334 g/mol. The second kappa shape index (κ2) is 6.65. The molecule has 1 atom stereocenters. The first-order valence-electron chi connectivity index (χ1n) is 7.71. The van der Waals surface area contributed by atoms with E-state index in [2.05, 4.69) is 5.32 Å². The van der Waals surface area contributed by atoms with Gasteiger partial charge in [-0.3, -0.25) is 4.79 Å². The summed E-state index contributed by atoms with van der Waals surface area (Å²) in [5, 5.41) is 3.07. The summed E-state index contributed by atoms with van der Waals surface area (Å²) in [7, 11) is 0. The molecule has 1 amide bonds. The molecule has 1 aliphatic heterocycles. The Morgan fingerprint density at radius 3 is 2.58 bits per heavy atom. The molecule has 1 unspecified atom stereocenters.